The molecule has 1 heterocycles. The van der Waals surface area contributed by atoms with Crippen molar-refractivity contribution < 1.29 is 14.3 Å². The van der Waals surface area contributed by atoms with Crippen LogP contribution in [0.4, 0.5) is 11.4 Å². The Bertz CT molecular complexity index is 1050. The van der Waals surface area contributed by atoms with Crippen LogP contribution < -0.4 is 15.4 Å². The van der Waals surface area contributed by atoms with Crippen LogP contribution in [0.25, 0.3) is 0 Å². The Hall–Kier alpha value is -3.67. The second-order valence-electron chi connectivity index (χ2n) is 6.79. The molecule has 2 N–H and O–H groups in total. The first-order chi connectivity index (χ1) is 13.9. The van der Waals surface area contributed by atoms with Crippen LogP contribution in [0.15, 0.2) is 54.6 Å². The van der Waals surface area contributed by atoms with Gasteiger partial charge in [-0.1, -0.05) is 35.9 Å². The average molecular weight is 389 g/mol. The fourth-order valence-electron chi connectivity index (χ4n) is 3.18. The van der Waals surface area contributed by atoms with E-state index in [0.29, 0.717) is 11.4 Å². The van der Waals surface area contributed by atoms with Gasteiger partial charge in [0.25, 0.3) is 11.8 Å². The van der Waals surface area contributed by atoms with E-state index in [0.717, 1.165) is 22.4 Å². The predicted octanol–water partition coefficient (Wildman–Crippen LogP) is 4.52. The van der Waals surface area contributed by atoms with Crippen LogP contribution >= 0.6 is 0 Å². The van der Waals surface area contributed by atoms with E-state index >= 15 is 0 Å². The monoisotopic (exact) mass is 389 g/mol. The molecule has 0 spiro atoms. The minimum Gasteiger partial charge on any atom is -0.495 e. The second-order valence-corrected chi connectivity index (χ2v) is 6.79. The van der Waals surface area contributed by atoms with E-state index in [2.05, 4.69) is 15.6 Å². The normalized spacial score (nSPS) is 10.3. The number of nitrogens with one attached hydrogen (secondary N) is 2. The molecular formula is C23H23N3O3. The van der Waals surface area contributed by atoms with Gasteiger partial charge in [-0.2, -0.15) is 0 Å². The molecule has 3 rings (SSSR count). The molecule has 0 aliphatic carbocycles. The molecule has 3 aromatic rings. The van der Waals surface area contributed by atoms with Crippen LogP contribution in [0.2, 0.25) is 0 Å². The third kappa shape index (κ3) is 4.60. The van der Waals surface area contributed by atoms with Crippen LogP contribution in [0.1, 0.15) is 37.7 Å². The van der Waals surface area contributed by atoms with Gasteiger partial charge >= 0.3 is 0 Å². The number of nitrogens with zero attached hydrogens (tertiary/aromatic N) is 1. The van der Waals surface area contributed by atoms with E-state index < -0.39 is 5.91 Å². The number of pyridine rings is 1. The van der Waals surface area contributed by atoms with E-state index in [9.17, 15) is 9.59 Å². The summed E-state index contributed by atoms with van der Waals surface area (Å²) in [5, 5.41) is 5.66. The summed E-state index contributed by atoms with van der Waals surface area (Å²) >= 11 is 0. The summed E-state index contributed by atoms with van der Waals surface area (Å²) in [6, 6.07) is 15.9. The van der Waals surface area contributed by atoms with Crippen molar-refractivity contribution in [2.45, 2.75) is 20.8 Å². The summed E-state index contributed by atoms with van der Waals surface area (Å²) in [6.45, 7) is 5.90. The third-order valence-electron chi connectivity index (χ3n) is 4.49. The Labute approximate surface area is 169 Å². The van der Waals surface area contributed by atoms with Gasteiger partial charge in [-0.15, -0.1) is 0 Å². The first-order valence-electron chi connectivity index (χ1n) is 9.19. The minimum absolute atomic E-state index is 0.140. The maximum atomic E-state index is 12.7. The summed E-state index contributed by atoms with van der Waals surface area (Å²) in [4.78, 5) is 29.5. The number of hydrogen-bond donors (Lipinski definition) is 2. The zero-order chi connectivity index (χ0) is 21.0. The Morgan fingerprint density at radius 3 is 2.03 bits per heavy atom. The minimum atomic E-state index is -0.424. The number of para-hydroxylation sites is 2. The smallest absolute Gasteiger partial charge is 0.274 e. The van der Waals surface area contributed by atoms with Crippen molar-refractivity contribution in [1.82, 2.24) is 4.98 Å². The maximum Gasteiger partial charge on any atom is 0.274 e. The molecule has 0 aliphatic heterocycles. The number of rotatable bonds is 5. The van der Waals surface area contributed by atoms with Gasteiger partial charge in [-0.25, -0.2) is 4.98 Å². The lowest BCUT2D eigenvalue weighted by Gasteiger charge is -2.13. The molecule has 1 aromatic heterocycles. The number of carbonyl (C=O) groups excluding carboxylic acids is 2. The van der Waals surface area contributed by atoms with Crippen LogP contribution in [-0.2, 0) is 0 Å². The first kappa shape index (κ1) is 20.1. The lowest BCUT2D eigenvalue weighted by Crippen LogP contribution is -2.19. The highest BCUT2D eigenvalue weighted by Crippen LogP contribution is 2.24. The van der Waals surface area contributed by atoms with E-state index in [1.165, 1.54) is 7.11 Å². The first-order valence-corrected chi connectivity index (χ1v) is 9.19. The van der Waals surface area contributed by atoms with Gasteiger partial charge in [0.1, 0.15) is 17.1 Å². The largest absolute Gasteiger partial charge is 0.495 e. The molecule has 6 nitrogen and oxygen atoms in total. The van der Waals surface area contributed by atoms with Gasteiger partial charge in [0, 0.05) is 5.69 Å². The Morgan fingerprint density at radius 2 is 1.41 bits per heavy atom. The van der Waals surface area contributed by atoms with E-state index in [1.54, 1.807) is 36.4 Å². The molecule has 2 amide bonds. The van der Waals surface area contributed by atoms with Gasteiger partial charge in [0.05, 0.1) is 12.8 Å². The maximum absolute atomic E-state index is 12.7. The molecule has 0 fully saturated rings. The summed E-state index contributed by atoms with van der Waals surface area (Å²) in [5.74, 6) is -0.251. The van der Waals surface area contributed by atoms with Gasteiger partial charge < -0.3 is 15.4 Å². The van der Waals surface area contributed by atoms with Crippen molar-refractivity contribution in [3.8, 4) is 5.75 Å². The fourth-order valence-corrected chi connectivity index (χ4v) is 3.18. The number of methoxy groups -OCH3 is 1. The SMILES string of the molecule is COc1ccccc1NC(=O)c1cccc(C(=O)Nc2c(C)cc(C)cc2C)n1. The molecule has 0 aliphatic rings. The highest BCUT2D eigenvalue weighted by Gasteiger charge is 2.15. The van der Waals surface area contributed by atoms with Gasteiger partial charge in [0.2, 0.25) is 0 Å². The lowest BCUT2D eigenvalue weighted by atomic mass is 10.0. The molecule has 6 heteroatoms. The Kier molecular flexibility index (Phi) is 5.93. The Morgan fingerprint density at radius 1 is 0.828 bits per heavy atom. The fraction of sp³-hybridized carbons (Fsp3) is 0.174. The molecule has 148 valence electrons. The zero-order valence-electron chi connectivity index (χ0n) is 16.9. The average Bonchev–Trinajstić information content (AvgIpc) is 2.71. The number of ether oxygens (including phenoxy) is 1. The number of amides is 2. The molecule has 0 atom stereocenters. The van der Waals surface area contributed by atoms with Crippen molar-refractivity contribution in [2.75, 3.05) is 17.7 Å². The molecule has 0 unspecified atom stereocenters. The van der Waals surface area contributed by atoms with E-state index in [-0.39, 0.29) is 17.3 Å². The van der Waals surface area contributed by atoms with Crippen molar-refractivity contribution in [3.05, 3.63) is 82.7 Å². The lowest BCUT2D eigenvalue weighted by molar-refractivity contribution is 0.101. The number of carbonyl (C=O) groups is 2. The van der Waals surface area contributed by atoms with Crippen molar-refractivity contribution in [1.29, 1.82) is 0 Å². The number of aryl methyl sites for hydroxylation is 3. The molecule has 0 saturated heterocycles. The number of aromatic nitrogens is 1. The standard InChI is InChI=1S/C23H23N3O3/c1-14-12-15(2)21(16(3)13-14)26-23(28)19-10-7-9-18(24-19)22(27)25-17-8-5-6-11-20(17)29-4/h5-13H,1-4H3,(H,25,27)(H,26,28). The third-order valence-corrected chi connectivity index (χ3v) is 4.49. The van der Waals surface area contributed by atoms with Gasteiger partial charge in [-0.05, 0) is 56.2 Å². The van der Waals surface area contributed by atoms with Crippen molar-refractivity contribution in [3.63, 3.8) is 0 Å². The van der Waals surface area contributed by atoms with Crippen LogP contribution in [0.3, 0.4) is 0 Å². The molecular weight excluding hydrogens is 366 g/mol. The van der Waals surface area contributed by atoms with E-state index in [1.807, 2.05) is 39.0 Å². The summed E-state index contributed by atoms with van der Waals surface area (Å²) in [5.41, 5.74) is 4.67. The summed E-state index contributed by atoms with van der Waals surface area (Å²) < 4.78 is 5.24. The van der Waals surface area contributed by atoms with Crippen LogP contribution in [-0.4, -0.2) is 23.9 Å². The number of hydrogen-bond acceptors (Lipinski definition) is 4. The van der Waals surface area contributed by atoms with Crippen LogP contribution in [0.5, 0.6) is 5.75 Å². The van der Waals surface area contributed by atoms with Crippen LogP contribution in [0, 0.1) is 20.8 Å². The summed E-state index contributed by atoms with van der Waals surface area (Å²) in [6.07, 6.45) is 0. The topological polar surface area (TPSA) is 80.3 Å². The quantitative estimate of drug-likeness (QED) is 0.672. The van der Waals surface area contributed by atoms with E-state index in [4.69, 9.17) is 4.74 Å². The molecule has 0 saturated carbocycles. The molecule has 2 aromatic carbocycles. The molecule has 29 heavy (non-hydrogen) atoms. The Balaban J connectivity index is 1.80. The van der Waals surface area contributed by atoms with Crippen molar-refractivity contribution >= 4 is 23.2 Å². The number of anilines is 2. The predicted molar refractivity (Wildman–Crippen MR) is 114 cm³/mol. The summed E-state index contributed by atoms with van der Waals surface area (Å²) in [7, 11) is 1.53. The molecule has 0 bridgehead atoms. The molecule has 0 radical (unpaired) electrons. The van der Waals surface area contributed by atoms with Gasteiger partial charge in [0.15, 0.2) is 0 Å². The zero-order valence-corrected chi connectivity index (χ0v) is 16.9. The van der Waals surface area contributed by atoms with Gasteiger partial charge in [-0.3, -0.25) is 9.59 Å². The second kappa shape index (κ2) is 8.56. The highest BCUT2D eigenvalue weighted by molar-refractivity contribution is 6.07. The van der Waals surface area contributed by atoms with Crippen molar-refractivity contribution in [2.24, 2.45) is 0 Å². The highest BCUT2D eigenvalue weighted by atomic mass is 16.5. The number of benzene rings is 2.